The molecule has 2 aromatic carbocycles. The van der Waals surface area contributed by atoms with Crippen molar-refractivity contribution in [2.24, 2.45) is 0 Å². The van der Waals surface area contributed by atoms with Crippen LogP contribution in [0.1, 0.15) is 48.7 Å². The monoisotopic (exact) mass is 376 g/mol. The van der Waals surface area contributed by atoms with Crippen molar-refractivity contribution in [3.8, 4) is 22.7 Å². The molecule has 0 unspecified atom stereocenters. The Morgan fingerprint density at radius 3 is 2.61 bits per heavy atom. The lowest BCUT2D eigenvalue weighted by atomic mass is 10.0. The average molecular weight is 376 g/mol. The summed E-state index contributed by atoms with van der Waals surface area (Å²) in [5.74, 6) is 0.705. The summed E-state index contributed by atoms with van der Waals surface area (Å²) in [5, 5.41) is 4.57. The molecular formula is C23H24N2O3. The zero-order valence-electron chi connectivity index (χ0n) is 16.4. The lowest BCUT2D eigenvalue weighted by Gasteiger charge is -2.15. The van der Waals surface area contributed by atoms with Gasteiger partial charge in [0.1, 0.15) is 5.75 Å². The number of ether oxygens (including phenoxy) is 2. The summed E-state index contributed by atoms with van der Waals surface area (Å²) in [7, 11) is 1.37. The topological polar surface area (TPSA) is 53.4 Å². The number of methoxy groups -OCH3 is 1. The van der Waals surface area contributed by atoms with Gasteiger partial charge in [0.2, 0.25) is 0 Å². The summed E-state index contributed by atoms with van der Waals surface area (Å²) < 4.78 is 12.7. The predicted molar refractivity (Wildman–Crippen MR) is 108 cm³/mol. The number of benzene rings is 2. The zero-order chi connectivity index (χ0) is 19.7. The molecule has 5 heteroatoms. The van der Waals surface area contributed by atoms with Crippen molar-refractivity contribution in [2.75, 3.05) is 7.11 Å². The Hall–Kier alpha value is -3.08. The van der Waals surface area contributed by atoms with Crippen LogP contribution in [0.3, 0.4) is 0 Å². The molecule has 1 heterocycles. The van der Waals surface area contributed by atoms with E-state index in [0.717, 1.165) is 41.1 Å². The molecule has 0 aliphatic heterocycles. The van der Waals surface area contributed by atoms with Crippen molar-refractivity contribution in [2.45, 2.75) is 38.7 Å². The molecule has 1 aliphatic rings. The van der Waals surface area contributed by atoms with Gasteiger partial charge in [0.15, 0.2) is 5.69 Å². The second kappa shape index (κ2) is 7.50. The summed E-state index contributed by atoms with van der Waals surface area (Å²) in [4.78, 5) is 12.2. The largest absolute Gasteiger partial charge is 0.490 e. The van der Waals surface area contributed by atoms with Crippen LogP contribution in [0.15, 0.2) is 54.6 Å². The highest BCUT2D eigenvalue weighted by atomic mass is 16.5. The lowest BCUT2D eigenvalue weighted by molar-refractivity contribution is 0.0593. The Morgan fingerprint density at radius 1 is 1.11 bits per heavy atom. The first-order valence-electron chi connectivity index (χ1n) is 9.61. The molecule has 0 amide bonds. The number of hydrogen-bond donors (Lipinski definition) is 0. The highest BCUT2D eigenvalue weighted by molar-refractivity contribution is 5.89. The fourth-order valence-corrected chi connectivity index (χ4v) is 3.25. The van der Waals surface area contributed by atoms with Gasteiger partial charge in [-0.2, -0.15) is 5.10 Å². The molecule has 3 aromatic rings. The van der Waals surface area contributed by atoms with Crippen molar-refractivity contribution in [3.63, 3.8) is 0 Å². The average Bonchev–Trinajstić information content (AvgIpc) is 3.41. The maximum absolute atomic E-state index is 12.2. The molecule has 5 nitrogen and oxygen atoms in total. The summed E-state index contributed by atoms with van der Waals surface area (Å²) in [6, 6.07) is 17.8. The molecule has 1 fully saturated rings. The number of hydrogen-bond acceptors (Lipinski definition) is 4. The van der Waals surface area contributed by atoms with E-state index in [1.165, 1.54) is 7.11 Å². The lowest BCUT2D eigenvalue weighted by Crippen LogP contribution is -2.07. The third-order valence-electron chi connectivity index (χ3n) is 4.85. The Bertz CT molecular complexity index is 1000. The van der Waals surface area contributed by atoms with Crippen molar-refractivity contribution in [1.29, 1.82) is 0 Å². The maximum atomic E-state index is 12.2. The van der Waals surface area contributed by atoms with Gasteiger partial charge in [-0.25, -0.2) is 9.48 Å². The quantitative estimate of drug-likeness (QED) is 0.569. The highest BCUT2D eigenvalue weighted by Crippen LogP contribution is 2.32. The minimum Gasteiger partial charge on any atom is -0.490 e. The molecule has 0 saturated heterocycles. The minimum absolute atomic E-state index is 0.282. The van der Waals surface area contributed by atoms with Gasteiger partial charge in [-0.05, 0) is 48.6 Å². The molecule has 28 heavy (non-hydrogen) atoms. The van der Waals surface area contributed by atoms with Crippen molar-refractivity contribution < 1.29 is 14.3 Å². The van der Waals surface area contributed by atoms with Gasteiger partial charge in [0.05, 0.1) is 24.6 Å². The summed E-state index contributed by atoms with van der Waals surface area (Å²) in [6.45, 7) is 4.29. The molecule has 1 aliphatic carbocycles. The van der Waals surface area contributed by atoms with E-state index in [0.29, 0.717) is 12.0 Å². The molecule has 0 N–H and O–H groups in total. The Kier molecular flexibility index (Phi) is 4.90. The summed E-state index contributed by atoms with van der Waals surface area (Å²) >= 11 is 0. The third kappa shape index (κ3) is 3.65. The highest BCUT2D eigenvalue weighted by Gasteiger charge is 2.24. The summed E-state index contributed by atoms with van der Waals surface area (Å²) in [5.41, 5.74) is 4.17. The minimum atomic E-state index is -0.451. The van der Waals surface area contributed by atoms with Gasteiger partial charge in [0, 0.05) is 5.56 Å². The van der Waals surface area contributed by atoms with Crippen LogP contribution in [0.5, 0.6) is 5.75 Å². The summed E-state index contributed by atoms with van der Waals surface area (Å²) in [6.07, 6.45) is 2.54. The molecule has 144 valence electrons. The molecule has 4 rings (SSSR count). The molecule has 0 spiro atoms. The van der Waals surface area contributed by atoms with Crippen LogP contribution >= 0.6 is 0 Å². The van der Waals surface area contributed by atoms with Crippen LogP contribution in [0.4, 0.5) is 0 Å². The molecule has 0 radical (unpaired) electrons. The van der Waals surface area contributed by atoms with Crippen molar-refractivity contribution in [3.05, 3.63) is 65.9 Å². The van der Waals surface area contributed by atoms with Crippen LogP contribution in [0.25, 0.3) is 16.9 Å². The first-order valence-corrected chi connectivity index (χ1v) is 9.61. The number of para-hydroxylation sites is 1. The fourth-order valence-electron chi connectivity index (χ4n) is 3.25. The first-order chi connectivity index (χ1) is 13.6. The number of carbonyl (C=O) groups excluding carboxylic acids is 1. The van der Waals surface area contributed by atoms with E-state index < -0.39 is 5.97 Å². The molecule has 1 aromatic heterocycles. The van der Waals surface area contributed by atoms with E-state index in [1.807, 2.05) is 47.1 Å². The standard InChI is InChI=1S/C23H24N2O3/c1-15(2)19-9-4-5-10-21(19)25-22(14-20(24-25)23(26)27-3)16-7-6-8-18(13-16)28-17-11-12-17/h4-10,13-15,17H,11-12H2,1-3H3. The predicted octanol–water partition coefficient (Wildman–Crippen LogP) is 4.99. The molecule has 0 atom stereocenters. The van der Waals surface area contributed by atoms with Crippen LogP contribution in [0.2, 0.25) is 0 Å². The zero-order valence-corrected chi connectivity index (χ0v) is 16.4. The SMILES string of the molecule is COC(=O)c1cc(-c2cccc(OC3CC3)c2)n(-c2ccccc2C(C)C)n1. The number of esters is 1. The first kappa shape index (κ1) is 18.3. The number of nitrogens with zero attached hydrogens (tertiary/aromatic N) is 2. The van der Waals surface area contributed by atoms with Gasteiger partial charge in [-0.15, -0.1) is 0 Å². The second-order valence-corrected chi connectivity index (χ2v) is 7.38. The Labute approximate surface area is 164 Å². The van der Waals surface area contributed by atoms with Crippen LogP contribution in [-0.4, -0.2) is 29.0 Å². The second-order valence-electron chi connectivity index (χ2n) is 7.38. The number of aromatic nitrogens is 2. The van der Waals surface area contributed by atoms with Crippen LogP contribution in [0, 0.1) is 0 Å². The van der Waals surface area contributed by atoms with Gasteiger partial charge in [-0.3, -0.25) is 0 Å². The van der Waals surface area contributed by atoms with E-state index in [9.17, 15) is 4.79 Å². The Balaban J connectivity index is 1.85. The van der Waals surface area contributed by atoms with Gasteiger partial charge in [0.25, 0.3) is 0 Å². The number of carbonyl (C=O) groups is 1. The molecule has 1 saturated carbocycles. The van der Waals surface area contributed by atoms with Crippen LogP contribution < -0.4 is 4.74 Å². The molecular weight excluding hydrogens is 352 g/mol. The fraction of sp³-hybridized carbons (Fsp3) is 0.304. The van der Waals surface area contributed by atoms with E-state index in [-0.39, 0.29) is 5.69 Å². The smallest absolute Gasteiger partial charge is 0.358 e. The van der Waals surface area contributed by atoms with Gasteiger partial charge < -0.3 is 9.47 Å². The van der Waals surface area contributed by atoms with E-state index in [2.05, 4.69) is 25.0 Å². The van der Waals surface area contributed by atoms with E-state index in [1.54, 1.807) is 6.07 Å². The van der Waals surface area contributed by atoms with Crippen molar-refractivity contribution in [1.82, 2.24) is 9.78 Å². The van der Waals surface area contributed by atoms with Gasteiger partial charge >= 0.3 is 5.97 Å². The third-order valence-corrected chi connectivity index (χ3v) is 4.85. The molecule has 0 bridgehead atoms. The van der Waals surface area contributed by atoms with Crippen molar-refractivity contribution >= 4 is 5.97 Å². The normalized spacial score (nSPS) is 13.6. The van der Waals surface area contributed by atoms with E-state index >= 15 is 0 Å². The maximum Gasteiger partial charge on any atom is 0.358 e. The van der Waals surface area contributed by atoms with Gasteiger partial charge in [-0.1, -0.05) is 44.2 Å². The van der Waals surface area contributed by atoms with Crippen LogP contribution in [-0.2, 0) is 4.74 Å². The number of rotatable bonds is 6. The Morgan fingerprint density at radius 2 is 1.89 bits per heavy atom. The van der Waals surface area contributed by atoms with E-state index in [4.69, 9.17) is 9.47 Å².